The van der Waals surface area contributed by atoms with Crippen molar-refractivity contribution in [3.05, 3.63) is 106 Å². The van der Waals surface area contributed by atoms with E-state index in [0.29, 0.717) is 33.2 Å². The number of aromatic nitrogens is 1. The Morgan fingerprint density at radius 1 is 1.08 bits per heavy atom. The predicted molar refractivity (Wildman–Crippen MR) is 151 cm³/mol. The number of rotatable bonds is 7. The Morgan fingerprint density at radius 3 is 2.65 bits per heavy atom. The molecule has 0 spiro atoms. The number of benzene rings is 2. The smallest absolute Gasteiger partial charge is 0.226 e. The van der Waals surface area contributed by atoms with Gasteiger partial charge in [0.05, 0.1) is 21.8 Å². The zero-order chi connectivity index (χ0) is 25.9. The molecular weight excluding hydrogens is 527 g/mol. The van der Waals surface area contributed by atoms with Crippen molar-refractivity contribution in [2.45, 2.75) is 25.4 Å². The molecule has 4 aromatic rings. The molecule has 3 heterocycles. The Balaban J connectivity index is 1.41. The van der Waals surface area contributed by atoms with Crippen LogP contribution in [0.4, 0.5) is 5.69 Å². The van der Waals surface area contributed by atoms with Gasteiger partial charge in [-0.05, 0) is 73.2 Å². The Bertz CT molecular complexity index is 1440. The molecule has 0 saturated carbocycles. The van der Waals surface area contributed by atoms with Gasteiger partial charge in [-0.25, -0.2) is 0 Å². The summed E-state index contributed by atoms with van der Waals surface area (Å²) in [5.41, 5.74) is 3.45. The third-order valence-electron chi connectivity index (χ3n) is 6.32. The minimum absolute atomic E-state index is 0.0897. The molecule has 0 aliphatic carbocycles. The normalized spacial score (nSPS) is 17.1. The maximum atomic E-state index is 12.8. The van der Waals surface area contributed by atoms with Crippen molar-refractivity contribution in [1.29, 1.82) is 0 Å². The molecule has 2 aromatic carbocycles. The van der Waals surface area contributed by atoms with Gasteiger partial charge in [0.2, 0.25) is 5.91 Å². The minimum Gasteiger partial charge on any atom is -0.459 e. The van der Waals surface area contributed by atoms with Crippen molar-refractivity contribution < 1.29 is 9.21 Å². The van der Waals surface area contributed by atoms with Crippen LogP contribution in [-0.4, -0.2) is 27.4 Å². The van der Waals surface area contributed by atoms with Crippen LogP contribution in [0.25, 0.3) is 11.3 Å². The molecule has 6 nitrogen and oxygen atoms in total. The summed E-state index contributed by atoms with van der Waals surface area (Å²) >= 11 is 18.0. The highest BCUT2D eigenvalue weighted by atomic mass is 35.5. The molecule has 1 amide bonds. The zero-order valence-electron chi connectivity index (χ0n) is 19.9. The van der Waals surface area contributed by atoms with E-state index in [1.165, 1.54) is 0 Å². The molecule has 2 aromatic heterocycles. The highest BCUT2D eigenvalue weighted by molar-refractivity contribution is 7.80. The number of aryl methyl sites for hydroxylation is 1. The first-order valence-electron chi connectivity index (χ1n) is 11.8. The van der Waals surface area contributed by atoms with Gasteiger partial charge in [0.1, 0.15) is 17.6 Å². The Hall–Kier alpha value is -3.39. The topological polar surface area (TPSA) is 70.4 Å². The van der Waals surface area contributed by atoms with Crippen molar-refractivity contribution in [2.75, 3.05) is 11.9 Å². The van der Waals surface area contributed by atoms with Crippen LogP contribution >= 0.6 is 35.4 Å². The molecule has 1 aliphatic rings. The van der Waals surface area contributed by atoms with E-state index >= 15 is 0 Å². The van der Waals surface area contributed by atoms with Gasteiger partial charge in [-0.2, -0.15) is 0 Å². The van der Waals surface area contributed by atoms with Crippen molar-refractivity contribution in [2.24, 2.45) is 0 Å². The van der Waals surface area contributed by atoms with Gasteiger partial charge in [-0.1, -0.05) is 47.5 Å². The maximum absolute atomic E-state index is 12.8. The SMILES string of the molecule is Cc1ccccc1NC(=O)CCN1C(=S)N[C@@H](c2ccccn2)[C@H]1c1ccc(-c2ccc(Cl)c(Cl)c2)o1. The molecule has 5 rings (SSSR count). The summed E-state index contributed by atoms with van der Waals surface area (Å²) in [5.74, 6) is 1.26. The summed E-state index contributed by atoms with van der Waals surface area (Å²) in [4.78, 5) is 19.4. The monoisotopic (exact) mass is 550 g/mol. The first-order chi connectivity index (χ1) is 17.9. The average Bonchev–Trinajstić information content (AvgIpc) is 3.51. The molecule has 2 N–H and O–H groups in total. The quantitative estimate of drug-likeness (QED) is 0.242. The van der Waals surface area contributed by atoms with Crippen LogP contribution in [0.15, 0.2) is 83.4 Å². The molecule has 0 radical (unpaired) electrons. The van der Waals surface area contributed by atoms with Crippen molar-refractivity contribution in [3.8, 4) is 11.3 Å². The molecule has 1 fully saturated rings. The summed E-state index contributed by atoms with van der Waals surface area (Å²) in [7, 11) is 0. The summed E-state index contributed by atoms with van der Waals surface area (Å²) in [5, 5.41) is 7.85. The lowest BCUT2D eigenvalue weighted by Crippen LogP contribution is -2.32. The van der Waals surface area contributed by atoms with Crippen LogP contribution in [0.3, 0.4) is 0 Å². The Kier molecular flexibility index (Phi) is 7.46. The van der Waals surface area contributed by atoms with E-state index in [-0.39, 0.29) is 24.4 Å². The second-order valence-corrected chi connectivity index (χ2v) is 9.97. The molecule has 0 unspecified atom stereocenters. The number of furan rings is 1. The number of carbonyl (C=O) groups is 1. The van der Waals surface area contributed by atoms with Gasteiger partial charge in [-0.15, -0.1) is 0 Å². The molecular formula is C28H24Cl2N4O2S. The third kappa shape index (κ3) is 5.49. The summed E-state index contributed by atoms with van der Waals surface area (Å²) < 4.78 is 6.33. The van der Waals surface area contributed by atoms with Crippen LogP contribution in [0, 0.1) is 6.92 Å². The van der Waals surface area contributed by atoms with E-state index in [4.69, 9.17) is 39.8 Å². The van der Waals surface area contributed by atoms with Crippen LogP contribution in [0.5, 0.6) is 0 Å². The minimum atomic E-state index is -0.301. The Morgan fingerprint density at radius 2 is 1.89 bits per heavy atom. The highest BCUT2D eigenvalue weighted by Gasteiger charge is 2.41. The molecule has 37 heavy (non-hydrogen) atoms. The van der Waals surface area contributed by atoms with E-state index in [9.17, 15) is 4.79 Å². The van der Waals surface area contributed by atoms with E-state index in [1.54, 1.807) is 18.3 Å². The fourth-order valence-corrected chi connectivity index (χ4v) is 5.05. The number of hydrogen-bond acceptors (Lipinski definition) is 4. The standard InChI is InChI=1S/C28H24Cl2N4O2S/c1-17-6-2-3-7-21(17)32-25(35)13-15-34-27(26(33-28(34)37)22-8-4-5-14-31-22)24-12-11-23(36-24)18-9-10-19(29)20(30)16-18/h2-12,14,16,26-27H,13,15H2,1H3,(H,32,35)(H,33,37)/t26-,27+/m0/s1. The van der Waals surface area contributed by atoms with Crippen LogP contribution < -0.4 is 10.6 Å². The van der Waals surface area contributed by atoms with Gasteiger partial charge < -0.3 is 20.0 Å². The van der Waals surface area contributed by atoms with Gasteiger partial charge >= 0.3 is 0 Å². The predicted octanol–water partition coefficient (Wildman–Crippen LogP) is 6.96. The van der Waals surface area contributed by atoms with Crippen LogP contribution in [-0.2, 0) is 4.79 Å². The lowest BCUT2D eigenvalue weighted by molar-refractivity contribution is -0.116. The lowest BCUT2D eigenvalue weighted by atomic mass is 10.0. The number of halogens is 2. The van der Waals surface area contributed by atoms with Crippen molar-refractivity contribution in [1.82, 2.24) is 15.2 Å². The second kappa shape index (κ2) is 10.9. The molecule has 1 aliphatic heterocycles. The maximum Gasteiger partial charge on any atom is 0.226 e. The number of carbonyl (C=O) groups excluding carboxylic acids is 1. The number of thiocarbonyl (C=S) groups is 1. The molecule has 188 valence electrons. The summed E-state index contributed by atoms with van der Waals surface area (Å²) in [6.45, 7) is 2.37. The number of pyridine rings is 1. The second-order valence-electron chi connectivity index (χ2n) is 8.76. The average molecular weight is 551 g/mol. The van der Waals surface area contributed by atoms with Crippen molar-refractivity contribution in [3.63, 3.8) is 0 Å². The number of hydrogen-bond donors (Lipinski definition) is 2. The number of nitrogens with zero attached hydrogens (tertiary/aromatic N) is 2. The van der Waals surface area contributed by atoms with E-state index < -0.39 is 0 Å². The van der Waals surface area contributed by atoms with Gasteiger partial charge in [0.25, 0.3) is 0 Å². The van der Waals surface area contributed by atoms with Gasteiger partial charge in [0.15, 0.2) is 5.11 Å². The van der Waals surface area contributed by atoms with Crippen LogP contribution in [0.1, 0.15) is 35.5 Å². The summed E-state index contributed by atoms with van der Waals surface area (Å²) in [6, 6.07) is 22.1. The first-order valence-corrected chi connectivity index (χ1v) is 13.0. The number of amides is 1. The fraction of sp³-hybridized carbons (Fsp3) is 0.179. The van der Waals surface area contributed by atoms with Crippen LogP contribution in [0.2, 0.25) is 10.0 Å². The summed E-state index contributed by atoms with van der Waals surface area (Å²) in [6.07, 6.45) is 2.00. The third-order valence-corrected chi connectivity index (χ3v) is 7.41. The fourth-order valence-electron chi connectivity index (χ4n) is 4.42. The van der Waals surface area contributed by atoms with Crippen molar-refractivity contribution >= 4 is 52.1 Å². The number of para-hydroxylation sites is 1. The largest absolute Gasteiger partial charge is 0.459 e. The molecule has 1 saturated heterocycles. The number of nitrogens with one attached hydrogen (secondary N) is 2. The lowest BCUT2D eigenvalue weighted by Gasteiger charge is -2.26. The molecule has 9 heteroatoms. The van der Waals surface area contributed by atoms with Gasteiger partial charge in [0, 0.05) is 30.4 Å². The van der Waals surface area contributed by atoms with E-state index in [0.717, 1.165) is 22.5 Å². The highest BCUT2D eigenvalue weighted by Crippen LogP contribution is 2.41. The molecule has 2 atom stereocenters. The first kappa shape index (κ1) is 25.3. The molecule has 0 bridgehead atoms. The zero-order valence-corrected chi connectivity index (χ0v) is 22.3. The van der Waals surface area contributed by atoms with Gasteiger partial charge in [-0.3, -0.25) is 9.78 Å². The Labute approximate surface area is 230 Å². The van der Waals surface area contributed by atoms with E-state index in [2.05, 4.69) is 15.6 Å². The number of anilines is 1. The van der Waals surface area contributed by atoms with E-state index in [1.807, 2.05) is 72.5 Å².